The van der Waals surface area contributed by atoms with Gasteiger partial charge in [0.15, 0.2) is 0 Å². The van der Waals surface area contributed by atoms with Gasteiger partial charge in [-0.05, 0) is 30.2 Å². The van der Waals surface area contributed by atoms with Crippen molar-refractivity contribution < 1.29 is 17.6 Å². The minimum atomic E-state index is -4.54. The summed E-state index contributed by atoms with van der Waals surface area (Å²) >= 11 is 0. The maximum atomic E-state index is 13.1. The third kappa shape index (κ3) is 4.00. The quantitative estimate of drug-likeness (QED) is 0.801. The van der Waals surface area contributed by atoms with Crippen LogP contribution in [0, 0.1) is 5.82 Å². The Balaban J connectivity index is 2.97. The van der Waals surface area contributed by atoms with Gasteiger partial charge in [-0.3, -0.25) is 0 Å². The van der Waals surface area contributed by atoms with Crippen LogP contribution in [0.2, 0.25) is 0 Å². The van der Waals surface area contributed by atoms with E-state index >= 15 is 0 Å². The van der Waals surface area contributed by atoms with Crippen molar-refractivity contribution in [3.63, 3.8) is 0 Å². The van der Waals surface area contributed by atoms with Crippen LogP contribution in [-0.2, 0) is 6.18 Å². The predicted molar refractivity (Wildman–Crippen MR) is 57.9 cm³/mol. The van der Waals surface area contributed by atoms with Crippen LogP contribution in [0.15, 0.2) is 18.2 Å². The Morgan fingerprint density at radius 1 is 1.24 bits per heavy atom. The average Bonchev–Trinajstić information content (AvgIpc) is 2.23. The van der Waals surface area contributed by atoms with Gasteiger partial charge in [-0.2, -0.15) is 13.2 Å². The summed E-state index contributed by atoms with van der Waals surface area (Å²) in [6, 6.07) is 1.92. The molecule has 0 fully saturated rings. The van der Waals surface area contributed by atoms with Gasteiger partial charge in [0.1, 0.15) is 5.82 Å². The highest BCUT2D eigenvalue weighted by Crippen LogP contribution is 2.32. The Morgan fingerprint density at radius 3 is 2.41 bits per heavy atom. The molecule has 17 heavy (non-hydrogen) atoms. The van der Waals surface area contributed by atoms with E-state index in [4.69, 9.17) is 5.73 Å². The Morgan fingerprint density at radius 2 is 1.88 bits per heavy atom. The molecule has 5 heteroatoms. The fourth-order valence-corrected chi connectivity index (χ4v) is 1.58. The zero-order valence-corrected chi connectivity index (χ0v) is 9.52. The maximum Gasteiger partial charge on any atom is 0.416 e. The van der Waals surface area contributed by atoms with Crippen LogP contribution >= 0.6 is 0 Å². The summed E-state index contributed by atoms with van der Waals surface area (Å²) in [6.07, 6.45) is -2.28. The van der Waals surface area contributed by atoms with Crippen LogP contribution < -0.4 is 5.73 Å². The molecule has 1 aromatic rings. The van der Waals surface area contributed by atoms with Gasteiger partial charge in [0.2, 0.25) is 0 Å². The fraction of sp³-hybridized carbons (Fsp3) is 0.500. The third-order valence-corrected chi connectivity index (χ3v) is 2.54. The van der Waals surface area contributed by atoms with E-state index in [0.717, 1.165) is 25.0 Å². The highest BCUT2D eigenvalue weighted by molar-refractivity contribution is 5.28. The molecule has 0 heterocycles. The summed E-state index contributed by atoms with van der Waals surface area (Å²) in [7, 11) is 0. The van der Waals surface area contributed by atoms with Crippen molar-refractivity contribution in [2.75, 3.05) is 0 Å². The molecule has 0 amide bonds. The van der Waals surface area contributed by atoms with Crippen LogP contribution in [-0.4, -0.2) is 0 Å². The second kappa shape index (κ2) is 5.49. The van der Waals surface area contributed by atoms with E-state index in [2.05, 4.69) is 0 Å². The fourth-order valence-electron chi connectivity index (χ4n) is 1.58. The second-order valence-corrected chi connectivity index (χ2v) is 4.02. The molecule has 0 aromatic heterocycles. The highest BCUT2D eigenvalue weighted by Gasteiger charge is 2.31. The Bertz CT molecular complexity index is 373. The van der Waals surface area contributed by atoms with E-state index in [-0.39, 0.29) is 5.56 Å². The van der Waals surface area contributed by atoms with Crippen LogP contribution in [0.5, 0.6) is 0 Å². The van der Waals surface area contributed by atoms with Gasteiger partial charge < -0.3 is 5.73 Å². The summed E-state index contributed by atoms with van der Waals surface area (Å²) in [4.78, 5) is 0. The molecular formula is C12H15F4N. The standard InChI is InChI=1S/C12H15F4N/c1-2-3-4-11(17)8-5-9(12(14,15)16)7-10(13)6-8/h5-7,11H,2-4,17H2,1H3/t11-/m0/s1. The number of hydrogen-bond donors (Lipinski definition) is 1. The average molecular weight is 249 g/mol. The molecule has 2 N–H and O–H groups in total. The number of alkyl halides is 3. The smallest absolute Gasteiger partial charge is 0.324 e. The third-order valence-electron chi connectivity index (χ3n) is 2.54. The summed E-state index contributed by atoms with van der Waals surface area (Å²) in [5.74, 6) is -0.901. The molecule has 0 saturated carbocycles. The molecular weight excluding hydrogens is 234 g/mol. The minimum Gasteiger partial charge on any atom is -0.324 e. The van der Waals surface area contributed by atoms with E-state index in [1.165, 1.54) is 0 Å². The lowest BCUT2D eigenvalue weighted by Crippen LogP contribution is -2.13. The van der Waals surface area contributed by atoms with Crippen molar-refractivity contribution in [2.24, 2.45) is 5.73 Å². The van der Waals surface area contributed by atoms with Crippen molar-refractivity contribution in [1.29, 1.82) is 0 Å². The van der Waals surface area contributed by atoms with Crippen molar-refractivity contribution in [2.45, 2.75) is 38.4 Å². The first-order chi connectivity index (χ1) is 7.84. The van der Waals surface area contributed by atoms with Crippen LogP contribution in [0.25, 0.3) is 0 Å². The Labute approximate surface area is 97.6 Å². The van der Waals surface area contributed by atoms with Crippen LogP contribution in [0.3, 0.4) is 0 Å². The molecule has 0 aliphatic carbocycles. The van der Waals surface area contributed by atoms with Gasteiger partial charge in [-0.25, -0.2) is 4.39 Å². The van der Waals surface area contributed by atoms with Crippen molar-refractivity contribution >= 4 is 0 Å². The minimum absolute atomic E-state index is 0.200. The van der Waals surface area contributed by atoms with E-state index in [0.29, 0.717) is 12.5 Å². The molecule has 1 nitrogen and oxygen atoms in total. The number of halogens is 4. The molecule has 0 saturated heterocycles. The Kier molecular flexibility index (Phi) is 4.51. The zero-order valence-electron chi connectivity index (χ0n) is 9.52. The van der Waals surface area contributed by atoms with Crippen molar-refractivity contribution in [1.82, 2.24) is 0 Å². The number of benzene rings is 1. The van der Waals surface area contributed by atoms with E-state index < -0.39 is 23.6 Å². The van der Waals surface area contributed by atoms with E-state index in [9.17, 15) is 17.6 Å². The Hall–Kier alpha value is -1.10. The number of nitrogens with two attached hydrogens (primary N) is 1. The molecule has 0 aliphatic rings. The largest absolute Gasteiger partial charge is 0.416 e. The first-order valence-corrected chi connectivity index (χ1v) is 5.48. The molecule has 0 aliphatic heterocycles. The molecule has 1 atom stereocenters. The SMILES string of the molecule is CCCC[C@H](N)c1cc(F)cc(C(F)(F)F)c1. The van der Waals surface area contributed by atoms with Crippen LogP contribution in [0.4, 0.5) is 17.6 Å². The number of unbranched alkanes of at least 4 members (excludes halogenated alkanes) is 1. The molecule has 1 rings (SSSR count). The summed E-state index contributed by atoms with van der Waals surface area (Å²) in [6.45, 7) is 1.96. The normalized spacial score (nSPS) is 13.8. The molecule has 0 bridgehead atoms. The first kappa shape index (κ1) is 14.0. The van der Waals surface area contributed by atoms with E-state index in [1.54, 1.807) is 0 Å². The lowest BCUT2D eigenvalue weighted by atomic mass is 9.99. The molecule has 0 unspecified atom stereocenters. The van der Waals surface area contributed by atoms with Gasteiger partial charge in [-0.15, -0.1) is 0 Å². The van der Waals surface area contributed by atoms with Gasteiger partial charge >= 0.3 is 6.18 Å². The molecule has 1 aromatic carbocycles. The highest BCUT2D eigenvalue weighted by atomic mass is 19.4. The number of hydrogen-bond acceptors (Lipinski definition) is 1. The van der Waals surface area contributed by atoms with Crippen molar-refractivity contribution in [3.05, 3.63) is 35.1 Å². The molecule has 0 radical (unpaired) electrons. The summed E-state index contributed by atoms with van der Waals surface area (Å²) < 4.78 is 50.5. The lowest BCUT2D eigenvalue weighted by Gasteiger charge is -2.14. The molecule has 0 spiro atoms. The topological polar surface area (TPSA) is 26.0 Å². The van der Waals surface area contributed by atoms with Gasteiger partial charge in [0.25, 0.3) is 0 Å². The zero-order chi connectivity index (χ0) is 13.1. The first-order valence-electron chi connectivity index (χ1n) is 5.48. The lowest BCUT2D eigenvalue weighted by molar-refractivity contribution is -0.137. The number of rotatable bonds is 4. The summed E-state index contributed by atoms with van der Waals surface area (Å²) in [5.41, 5.74) is 4.94. The van der Waals surface area contributed by atoms with Gasteiger partial charge in [0, 0.05) is 6.04 Å². The summed E-state index contributed by atoms with van der Waals surface area (Å²) in [5, 5.41) is 0. The van der Waals surface area contributed by atoms with Crippen LogP contribution in [0.1, 0.15) is 43.4 Å². The van der Waals surface area contributed by atoms with Crippen molar-refractivity contribution in [3.8, 4) is 0 Å². The van der Waals surface area contributed by atoms with Gasteiger partial charge in [0.05, 0.1) is 5.56 Å². The second-order valence-electron chi connectivity index (χ2n) is 4.02. The van der Waals surface area contributed by atoms with E-state index in [1.807, 2.05) is 6.92 Å². The predicted octanol–water partition coefficient (Wildman–Crippen LogP) is 4.03. The maximum absolute atomic E-state index is 13.1. The molecule has 96 valence electrons. The van der Waals surface area contributed by atoms with Gasteiger partial charge in [-0.1, -0.05) is 19.8 Å². The monoisotopic (exact) mass is 249 g/mol.